The van der Waals surface area contributed by atoms with Crippen molar-refractivity contribution in [2.75, 3.05) is 13.1 Å². The molecule has 7 heteroatoms. The summed E-state index contributed by atoms with van der Waals surface area (Å²) >= 11 is 1.61. The van der Waals surface area contributed by atoms with Crippen LogP contribution >= 0.6 is 11.3 Å². The van der Waals surface area contributed by atoms with Crippen LogP contribution in [0.25, 0.3) is 17.5 Å². The van der Waals surface area contributed by atoms with Crippen molar-refractivity contribution in [1.29, 1.82) is 0 Å². The minimum atomic E-state index is 0.00789. The minimum absolute atomic E-state index is 0.00789. The molecule has 0 unspecified atom stereocenters. The van der Waals surface area contributed by atoms with Crippen LogP contribution in [0.3, 0.4) is 0 Å². The molecule has 0 bridgehead atoms. The van der Waals surface area contributed by atoms with Gasteiger partial charge in [-0.2, -0.15) is 4.98 Å². The fraction of sp³-hybridized carbons (Fsp3) is 0.176. The largest absolute Gasteiger partial charge is 0.339 e. The van der Waals surface area contributed by atoms with Gasteiger partial charge in [-0.15, -0.1) is 11.3 Å². The monoisotopic (exact) mass is 338 g/mol. The van der Waals surface area contributed by atoms with Crippen LogP contribution in [-0.2, 0) is 4.79 Å². The zero-order valence-corrected chi connectivity index (χ0v) is 13.5. The number of aromatic nitrogens is 3. The minimum Gasteiger partial charge on any atom is -0.339 e. The molecule has 0 N–H and O–H groups in total. The highest BCUT2D eigenvalue weighted by Crippen LogP contribution is 2.27. The van der Waals surface area contributed by atoms with Crippen LogP contribution in [0, 0.1) is 0 Å². The van der Waals surface area contributed by atoms with Gasteiger partial charge in [0, 0.05) is 42.0 Å². The summed E-state index contributed by atoms with van der Waals surface area (Å²) < 4.78 is 5.33. The number of hydrogen-bond acceptors (Lipinski definition) is 6. The second kappa shape index (κ2) is 6.37. The van der Waals surface area contributed by atoms with Crippen LogP contribution in [0.1, 0.15) is 16.7 Å². The third-order valence-corrected chi connectivity index (χ3v) is 4.69. The molecule has 0 spiro atoms. The predicted molar refractivity (Wildman–Crippen MR) is 90.2 cm³/mol. The number of rotatable bonds is 4. The molecule has 0 aromatic carbocycles. The number of thiophene rings is 1. The Kier molecular flexibility index (Phi) is 3.92. The van der Waals surface area contributed by atoms with Crippen molar-refractivity contribution in [2.45, 2.75) is 5.92 Å². The maximum atomic E-state index is 12.1. The first-order valence-electron chi connectivity index (χ1n) is 7.54. The highest BCUT2D eigenvalue weighted by Gasteiger charge is 2.34. The Morgan fingerprint density at radius 1 is 1.29 bits per heavy atom. The maximum Gasteiger partial charge on any atom is 0.246 e. The Hall–Kier alpha value is -2.80. The molecule has 4 rings (SSSR count). The highest BCUT2D eigenvalue weighted by atomic mass is 32.1. The molecular weight excluding hydrogens is 324 g/mol. The standard InChI is InChI=1S/C17H14N4O2S/c22-15(4-3-14-2-1-9-24-14)21-10-13(11-21)17-19-16(20-23-17)12-5-7-18-8-6-12/h1-9,13H,10-11H2/b4-3+. The van der Waals surface area contributed by atoms with Gasteiger partial charge in [0.2, 0.25) is 17.6 Å². The smallest absolute Gasteiger partial charge is 0.246 e. The lowest BCUT2D eigenvalue weighted by Crippen LogP contribution is -2.47. The van der Waals surface area contributed by atoms with Crippen molar-refractivity contribution in [3.63, 3.8) is 0 Å². The fourth-order valence-corrected chi connectivity index (χ4v) is 3.10. The van der Waals surface area contributed by atoms with E-state index in [0.717, 1.165) is 10.4 Å². The molecule has 1 amide bonds. The van der Waals surface area contributed by atoms with Crippen LogP contribution in [-0.4, -0.2) is 39.0 Å². The topological polar surface area (TPSA) is 72.1 Å². The maximum absolute atomic E-state index is 12.1. The van der Waals surface area contributed by atoms with E-state index in [-0.39, 0.29) is 11.8 Å². The highest BCUT2D eigenvalue weighted by molar-refractivity contribution is 7.10. The molecule has 0 saturated carbocycles. The van der Waals surface area contributed by atoms with Gasteiger partial charge in [0.15, 0.2) is 0 Å². The number of likely N-dealkylation sites (tertiary alicyclic amines) is 1. The van der Waals surface area contributed by atoms with Gasteiger partial charge in [-0.05, 0) is 29.7 Å². The van der Waals surface area contributed by atoms with Crippen LogP contribution in [0.5, 0.6) is 0 Å². The number of pyridine rings is 1. The summed E-state index contributed by atoms with van der Waals surface area (Å²) in [4.78, 5) is 23.3. The van der Waals surface area contributed by atoms with E-state index in [2.05, 4.69) is 15.1 Å². The van der Waals surface area contributed by atoms with Crippen molar-refractivity contribution >= 4 is 23.3 Å². The lowest BCUT2D eigenvalue weighted by Gasteiger charge is -2.36. The van der Waals surface area contributed by atoms with Crippen molar-refractivity contribution in [3.8, 4) is 11.4 Å². The number of nitrogens with zero attached hydrogens (tertiary/aromatic N) is 4. The molecule has 1 saturated heterocycles. The van der Waals surface area contributed by atoms with Crippen molar-refractivity contribution in [2.24, 2.45) is 0 Å². The Morgan fingerprint density at radius 2 is 2.12 bits per heavy atom. The molecule has 3 aromatic rings. The molecule has 0 aliphatic carbocycles. The first-order chi connectivity index (χ1) is 11.8. The summed E-state index contributed by atoms with van der Waals surface area (Å²) in [6.45, 7) is 1.21. The Balaban J connectivity index is 1.36. The third-order valence-electron chi connectivity index (χ3n) is 3.86. The average molecular weight is 338 g/mol. The Bertz CT molecular complexity index is 852. The van der Waals surface area contributed by atoms with Crippen molar-refractivity contribution in [1.82, 2.24) is 20.0 Å². The van der Waals surface area contributed by atoms with E-state index in [1.165, 1.54) is 0 Å². The molecule has 1 fully saturated rings. The fourth-order valence-electron chi connectivity index (χ4n) is 2.48. The zero-order valence-electron chi connectivity index (χ0n) is 12.7. The van der Waals surface area contributed by atoms with Crippen LogP contribution in [0.15, 0.2) is 52.6 Å². The van der Waals surface area contributed by atoms with Crippen LogP contribution in [0.2, 0.25) is 0 Å². The predicted octanol–water partition coefficient (Wildman–Crippen LogP) is 2.83. The van der Waals surface area contributed by atoms with E-state index in [9.17, 15) is 4.79 Å². The summed E-state index contributed by atoms with van der Waals surface area (Å²) in [6.07, 6.45) is 6.83. The lowest BCUT2D eigenvalue weighted by molar-refractivity contribution is -0.130. The molecule has 120 valence electrons. The van der Waals surface area contributed by atoms with Gasteiger partial charge in [0.25, 0.3) is 0 Å². The third kappa shape index (κ3) is 2.98. The number of carbonyl (C=O) groups excluding carboxylic acids is 1. The summed E-state index contributed by atoms with van der Waals surface area (Å²) in [6, 6.07) is 7.61. The molecule has 1 aliphatic heterocycles. The molecule has 0 radical (unpaired) electrons. The van der Waals surface area contributed by atoms with E-state index >= 15 is 0 Å². The van der Waals surface area contributed by atoms with Gasteiger partial charge in [-0.3, -0.25) is 9.78 Å². The van der Waals surface area contributed by atoms with Gasteiger partial charge in [-0.1, -0.05) is 11.2 Å². The second-order valence-electron chi connectivity index (χ2n) is 5.48. The first-order valence-corrected chi connectivity index (χ1v) is 8.42. The molecule has 1 aliphatic rings. The molecule has 24 heavy (non-hydrogen) atoms. The number of hydrogen-bond donors (Lipinski definition) is 0. The van der Waals surface area contributed by atoms with Crippen LogP contribution < -0.4 is 0 Å². The quantitative estimate of drug-likeness (QED) is 0.684. The van der Waals surface area contributed by atoms with Crippen molar-refractivity contribution in [3.05, 3.63) is 58.9 Å². The van der Waals surface area contributed by atoms with Gasteiger partial charge in [0.1, 0.15) is 0 Å². The first kappa shape index (κ1) is 14.8. The Morgan fingerprint density at radius 3 is 2.88 bits per heavy atom. The van der Waals surface area contributed by atoms with Gasteiger partial charge >= 0.3 is 0 Å². The number of amides is 1. The molecular formula is C17H14N4O2S. The van der Waals surface area contributed by atoms with E-state index in [1.54, 1.807) is 34.7 Å². The van der Waals surface area contributed by atoms with E-state index in [4.69, 9.17) is 4.52 Å². The van der Waals surface area contributed by atoms with E-state index in [0.29, 0.717) is 24.8 Å². The SMILES string of the molecule is O=C(/C=C/c1cccs1)N1CC(c2nc(-c3ccncc3)no2)C1. The summed E-state index contributed by atoms with van der Waals surface area (Å²) in [5.41, 5.74) is 0.867. The molecule has 3 aromatic heterocycles. The average Bonchev–Trinajstić information content (AvgIpc) is 3.24. The number of carbonyl (C=O) groups is 1. The zero-order chi connectivity index (χ0) is 16.4. The van der Waals surface area contributed by atoms with Crippen LogP contribution in [0.4, 0.5) is 0 Å². The molecule has 0 atom stereocenters. The molecule has 4 heterocycles. The van der Waals surface area contributed by atoms with Gasteiger partial charge < -0.3 is 9.42 Å². The Labute approximate surface area is 142 Å². The van der Waals surface area contributed by atoms with Gasteiger partial charge in [-0.25, -0.2) is 0 Å². The van der Waals surface area contributed by atoms with Crippen molar-refractivity contribution < 1.29 is 9.32 Å². The van der Waals surface area contributed by atoms with Gasteiger partial charge in [0.05, 0.1) is 5.92 Å². The summed E-state index contributed by atoms with van der Waals surface area (Å²) in [5.74, 6) is 1.24. The summed E-state index contributed by atoms with van der Waals surface area (Å²) in [5, 5.41) is 5.99. The molecule has 6 nitrogen and oxygen atoms in total. The normalized spacial score (nSPS) is 14.9. The summed E-state index contributed by atoms with van der Waals surface area (Å²) in [7, 11) is 0. The second-order valence-corrected chi connectivity index (χ2v) is 6.46. The van der Waals surface area contributed by atoms with E-state index in [1.807, 2.05) is 35.7 Å². The lowest BCUT2D eigenvalue weighted by atomic mass is 10.00. The van der Waals surface area contributed by atoms with E-state index < -0.39 is 0 Å².